The number of nitrogens with zero attached hydrogens (tertiary/aromatic N) is 3. The van der Waals surface area contributed by atoms with E-state index in [-0.39, 0.29) is 11.7 Å². The summed E-state index contributed by atoms with van der Waals surface area (Å²) in [4.78, 5) is 29.8. The SMILES string of the molecule is CCCC(CCCC(=O)c1ccc(-c2ccc(OC)nc2)cc1)Cn1cc2c(C)c(C(=O)NCCOC)ccc2n1. The van der Waals surface area contributed by atoms with Crippen LogP contribution in [-0.2, 0) is 11.3 Å². The number of fused-ring (bicyclic) bond motifs is 1. The summed E-state index contributed by atoms with van der Waals surface area (Å²) in [5.74, 6) is 1.06. The van der Waals surface area contributed by atoms with E-state index >= 15 is 0 Å². The normalized spacial score (nSPS) is 11.9. The highest BCUT2D eigenvalue weighted by Crippen LogP contribution is 2.25. The van der Waals surface area contributed by atoms with Crippen LogP contribution >= 0.6 is 0 Å². The molecule has 41 heavy (non-hydrogen) atoms. The van der Waals surface area contributed by atoms with Gasteiger partial charge in [-0.1, -0.05) is 37.6 Å². The standard InChI is InChI=1S/C33H40N4O4/c1-5-7-24(21-37-22-29-23(2)28(15-16-30(29)36-37)33(39)34-18-19-40-3)8-6-9-31(38)26-12-10-25(11-13-26)27-14-17-32(41-4)35-20-27/h10-17,20,22,24H,5-9,18-19,21H2,1-4H3,(H,34,39). The average Bonchev–Trinajstić information content (AvgIpc) is 3.41. The summed E-state index contributed by atoms with van der Waals surface area (Å²) in [5, 5.41) is 8.67. The Hall–Kier alpha value is -4.04. The minimum Gasteiger partial charge on any atom is -0.481 e. The van der Waals surface area contributed by atoms with Crippen LogP contribution in [-0.4, -0.2) is 53.8 Å². The summed E-state index contributed by atoms with van der Waals surface area (Å²) >= 11 is 0. The molecule has 0 aliphatic carbocycles. The van der Waals surface area contributed by atoms with E-state index in [4.69, 9.17) is 14.6 Å². The highest BCUT2D eigenvalue weighted by atomic mass is 16.5. The van der Waals surface area contributed by atoms with Crippen LogP contribution in [0.3, 0.4) is 0 Å². The predicted octanol–water partition coefficient (Wildman–Crippen LogP) is 6.26. The van der Waals surface area contributed by atoms with Gasteiger partial charge in [-0.15, -0.1) is 0 Å². The number of Topliss-reactive ketones (excluding diaryl/α,β-unsaturated/α-hetero) is 1. The molecule has 216 valence electrons. The molecular formula is C33H40N4O4. The fourth-order valence-corrected chi connectivity index (χ4v) is 5.20. The Bertz CT molecular complexity index is 1440. The number of amides is 1. The van der Waals surface area contributed by atoms with E-state index in [1.165, 1.54) is 0 Å². The number of ether oxygens (including phenoxy) is 2. The maximum atomic E-state index is 12.9. The lowest BCUT2D eigenvalue weighted by molar-refractivity contribution is 0.0935. The zero-order valence-corrected chi connectivity index (χ0v) is 24.5. The van der Waals surface area contributed by atoms with Gasteiger partial charge in [0.1, 0.15) is 0 Å². The molecule has 0 saturated carbocycles. The van der Waals surface area contributed by atoms with Crippen molar-refractivity contribution in [2.75, 3.05) is 27.4 Å². The molecular weight excluding hydrogens is 516 g/mol. The van der Waals surface area contributed by atoms with Crippen molar-refractivity contribution in [3.05, 3.63) is 77.6 Å². The number of hydrogen-bond donors (Lipinski definition) is 1. The second-order valence-corrected chi connectivity index (χ2v) is 10.4. The van der Waals surface area contributed by atoms with Crippen LogP contribution in [0.4, 0.5) is 0 Å². The summed E-state index contributed by atoms with van der Waals surface area (Å²) in [7, 11) is 3.21. The second kappa shape index (κ2) is 14.6. The summed E-state index contributed by atoms with van der Waals surface area (Å²) in [6.07, 6.45) is 8.27. The summed E-state index contributed by atoms with van der Waals surface area (Å²) in [6.45, 7) is 5.89. The summed E-state index contributed by atoms with van der Waals surface area (Å²) in [5.41, 5.74) is 5.20. The predicted molar refractivity (Wildman–Crippen MR) is 161 cm³/mol. The number of methoxy groups -OCH3 is 2. The van der Waals surface area contributed by atoms with Crippen molar-refractivity contribution in [2.24, 2.45) is 5.92 Å². The zero-order chi connectivity index (χ0) is 29.2. The largest absolute Gasteiger partial charge is 0.481 e. The van der Waals surface area contributed by atoms with Crippen molar-refractivity contribution in [3.8, 4) is 17.0 Å². The van der Waals surface area contributed by atoms with Crippen molar-refractivity contribution in [2.45, 2.75) is 52.5 Å². The Morgan fingerprint density at radius 3 is 2.46 bits per heavy atom. The lowest BCUT2D eigenvalue weighted by atomic mass is 9.94. The summed E-state index contributed by atoms with van der Waals surface area (Å²) < 4.78 is 12.2. The van der Waals surface area contributed by atoms with Crippen molar-refractivity contribution < 1.29 is 19.1 Å². The molecule has 0 aliphatic heterocycles. The first kappa shape index (κ1) is 29.9. The first-order valence-electron chi connectivity index (χ1n) is 14.3. The van der Waals surface area contributed by atoms with Gasteiger partial charge >= 0.3 is 0 Å². The van der Waals surface area contributed by atoms with E-state index < -0.39 is 0 Å². The van der Waals surface area contributed by atoms with Crippen molar-refractivity contribution >= 4 is 22.6 Å². The lowest BCUT2D eigenvalue weighted by Gasteiger charge is -2.16. The molecule has 2 aromatic carbocycles. The molecule has 1 N–H and O–H groups in total. The number of aromatic nitrogens is 3. The average molecular weight is 557 g/mol. The molecule has 0 saturated heterocycles. The van der Waals surface area contributed by atoms with Crippen LogP contribution in [0.5, 0.6) is 5.88 Å². The van der Waals surface area contributed by atoms with Crippen molar-refractivity contribution in [1.82, 2.24) is 20.1 Å². The number of rotatable bonds is 15. The Labute approximate surface area is 242 Å². The van der Waals surface area contributed by atoms with E-state index in [9.17, 15) is 9.59 Å². The second-order valence-electron chi connectivity index (χ2n) is 10.4. The van der Waals surface area contributed by atoms with Gasteiger partial charge in [0.25, 0.3) is 5.91 Å². The van der Waals surface area contributed by atoms with Gasteiger partial charge in [-0.25, -0.2) is 4.98 Å². The molecule has 0 spiro atoms. The van der Waals surface area contributed by atoms with E-state index in [1.54, 1.807) is 20.4 Å². The fourth-order valence-electron chi connectivity index (χ4n) is 5.20. The number of carbonyl (C=O) groups is 2. The van der Waals surface area contributed by atoms with Gasteiger partial charge in [0.15, 0.2) is 5.78 Å². The molecule has 1 unspecified atom stereocenters. The van der Waals surface area contributed by atoms with E-state index in [1.807, 2.05) is 66.3 Å². The van der Waals surface area contributed by atoms with Crippen LogP contribution in [0.1, 0.15) is 65.3 Å². The van der Waals surface area contributed by atoms with E-state index in [2.05, 4.69) is 17.2 Å². The Kier molecular flexibility index (Phi) is 10.6. The van der Waals surface area contributed by atoms with E-state index in [0.29, 0.717) is 36.9 Å². The molecule has 1 amide bonds. The van der Waals surface area contributed by atoms with Gasteiger partial charge in [0.2, 0.25) is 5.88 Å². The van der Waals surface area contributed by atoms with Crippen LogP contribution in [0, 0.1) is 12.8 Å². The number of benzene rings is 2. The van der Waals surface area contributed by atoms with Gasteiger partial charge < -0.3 is 14.8 Å². The molecule has 2 aromatic heterocycles. The number of pyridine rings is 1. The third-order valence-corrected chi connectivity index (χ3v) is 7.49. The quantitative estimate of drug-likeness (QED) is 0.137. The first-order valence-corrected chi connectivity index (χ1v) is 14.3. The molecule has 2 heterocycles. The molecule has 0 bridgehead atoms. The third kappa shape index (κ3) is 7.79. The Morgan fingerprint density at radius 1 is 1.00 bits per heavy atom. The molecule has 8 heteroatoms. The van der Waals surface area contributed by atoms with Gasteiger partial charge in [0, 0.05) is 67.2 Å². The highest BCUT2D eigenvalue weighted by molar-refractivity contribution is 6.00. The fraction of sp³-hybridized carbons (Fsp3) is 0.394. The Balaban J connectivity index is 1.33. The summed E-state index contributed by atoms with van der Waals surface area (Å²) in [6, 6.07) is 15.3. The van der Waals surface area contributed by atoms with Gasteiger partial charge in [-0.2, -0.15) is 5.10 Å². The van der Waals surface area contributed by atoms with Crippen molar-refractivity contribution in [1.29, 1.82) is 0 Å². The minimum absolute atomic E-state index is 0.102. The molecule has 0 radical (unpaired) electrons. The van der Waals surface area contributed by atoms with Gasteiger partial charge in [-0.05, 0) is 61.4 Å². The number of carbonyl (C=O) groups excluding carboxylic acids is 2. The minimum atomic E-state index is -0.102. The molecule has 4 rings (SSSR count). The maximum Gasteiger partial charge on any atom is 0.251 e. The topological polar surface area (TPSA) is 95.3 Å². The molecule has 1 atom stereocenters. The monoisotopic (exact) mass is 556 g/mol. The number of ketones is 1. The first-order chi connectivity index (χ1) is 19.9. The highest BCUT2D eigenvalue weighted by Gasteiger charge is 2.16. The van der Waals surface area contributed by atoms with Gasteiger partial charge in [-0.3, -0.25) is 14.3 Å². The number of aryl methyl sites for hydroxylation is 1. The molecule has 8 nitrogen and oxygen atoms in total. The maximum absolute atomic E-state index is 12.9. The molecule has 0 aliphatic rings. The van der Waals surface area contributed by atoms with Crippen LogP contribution in [0.2, 0.25) is 0 Å². The number of hydrogen-bond acceptors (Lipinski definition) is 6. The zero-order valence-electron chi connectivity index (χ0n) is 24.5. The number of nitrogens with one attached hydrogen (secondary N) is 1. The molecule has 4 aromatic rings. The lowest BCUT2D eigenvalue weighted by Crippen LogP contribution is -2.27. The van der Waals surface area contributed by atoms with Crippen molar-refractivity contribution in [3.63, 3.8) is 0 Å². The van der Waals surface area contributed by atoms with Crippen LogP contribution in [0.25, 0.3) is 22.0 Å². The van der Waals surface area contributed by atoms with Crippen LogP contribution in [0.15, 0.2) is 60.9 Å². The van der Waals surface area contributed by atoms with E-state index in [0.717, 1.165) is 65.4 Å². The Morgan fingerprint density at radius 2 is 1.78 bits per heavy atom. The van der Waals surface area contributed by atoms with Gasteiger partial charge in [0.05, 0.1) is 19.2 Å². The smallest absolute Gasteiger partial charge is 0.251 e. The molecule has 0 fully saturated rings. The van der Waals surface area contributed by atoms with Crippen LogP contribution < -0.4 is 10.1 Å². The third-order valence-electron chi connectivity index (χ3n) is 7.49.